The highest BCUT2D eigenvalue weighted by Crippen LogP contribution is 2.14. The second-order valence-corrected chi connectivity index (χ2v) is 7.75. The monoisotopic (exact) mass is 389 g/mol. The van der Waals surface area contributed by atoms with Crippen LogP contribution in [0.25, 0.3) is 0 Å². The summed E-state index contributed by atoms with van der Waals surface area (Å²) in [6.07, 6.45) is -0.0754. The lowest BCUT2D eigenvalue weighted by Gasteiger charge is -2.13. The van der Waals surface area contributed by atoms with Gasteiger partial charge in [-0.3, -0.25) is 4.79 Å². The Morgan fingerprint density at radius 3 is 2.04 bits per heavy atom. The molecule has 0 radical (unpaired) electrons. The average Bonchev–Trinajstić information content (AvgIpc) is 2.67. The molecule has 0 saturated carbocycles. The van der Waals surface area contributed by atoms with E-state index in [0.29, 0.717) is 5.56 Å². The number of nitrogens with one attached hydrogen (secondary N) is 1. The molecule has 2 aromatic carbocycles. The summed E-state index contributed by atoms with van der Waals surface area (Å²) in [5.74, 6) is -0.981. The fourth-order valence-electron chi connectivity index (χ4n) is 2.47. The number of ether oxygens (including phenoxy) is 1. The molecule has 6 nitrogen and oxygen atoms in total. The summed E-state index contributed by atoms with van der Waals surface area (Å²) in [6.45, 7) is 5.48. The zero-order valence-electron chi connectivity index (χ0n) is 15.6. The number of aryl methyl sites for hydroxylation is 1. The molecule has 7 heteroatoms. The quantitative estimate of drug-likeness (QED) is 0.554. The maximum atomic E-state index is 12.4. The van der Waals surface area contributed by atoms with Gasteiger partial charge in [0, 0.05) is 12.1 Å². The van der Waals surface area contributed by atoms with Gasteiger partial charge in [-0.25, -0.2) is 17.9 Å². The first-order valence-electron chi connectivity index (χ1n) is 8.72. The molecule has 2 aromatic rings. The number of ketones is 1. The Morgan fingerprint density at radius 2 is 1.52 bits per heavy atom. The molecule has 0 unspecified atom stereocenters. The van der Waals surface area contributed by atoms with Gasteiger partial charge in [0.2, 0.25) is 15.8 Å². The Labute approximate surface area is 159 Å². The van der Waals surface area contributed by atoms with Crippen LogP contribution in [0.5, 0.6) is 0 Å². The van der Waals surface area contributed by atoms with E-state index in [2.05, 4.69) is 4.72 Å². The third-order valence-corrected chi connectivity index (χ3v) is 5.60. The Morgan fingerprint density at radius 1 is 0.963 bits per heavy atom. The van der Waals surface area contributed by atoms with Gasteiger partial charge < -0.3 is 4.74 Å². The van der Waals surface area contributed by atoms with E-state index >= 15 is 0 Å². The summed E-state index contributed by atoms with van der Waals surface area (Å²) in [5, 5.41) is 0. The topological polar surface area (TPSA) is 89.5 Å². The van der Waals surface area contributed by atoms with Gasteiger partial charge in [-0.1, -0.05) is 38.1 Å². The number of rotatable bonds is 8. The summed E-state index contributed by atoms with van der Waals surface area (Å²) in [4.78, 5) is 24.7. The molecule has 0 aliphatic carbocycles. The van der Waals surface area contributed by atoms with Crippen LogP contribution in [-0.4, -0.2) is 32.8 Å². The van der Waals surface area contributed by atoms with Gasteiger partial charge in [0.25, 0.3) is 0 Å². The van der Waals surface area contributed by atoms with Crippen molar-refractivity contribution in [2.45, 2.75) is 38.2 Å². The van der Waals surface area contributed by atoms with Crippen LogP contribution in [0.4, 0.5) is 0 Å². The van der Waals surface area contributed by atoms with Gasteiger partial charge in [0.05, 0.1) is 10.5 Å². The maximum absolute atomic E-state index is 12.4. The van der Waals surface area contributed by atoms with Gasteiger partial charge in [0.1, 0.15) is 0 Å². The van der Waals surface area contributed by atoms with E-state index in [9.17, 15) is 18.0 Å². The number of hydrogen-bond donors (Lipinski definition) is 1. The van der Waals surface area contributed by atoms with E-state index in [1.165, 1.54) is 31.2 Å². The van der Waals surface area contributed by atoms with Crippen LogP contribution >= 0.6 is 0 Å². The van der Waals surface area contributed by atoms with Gasteiger partial charge in [-0.05, 0) is 43.2 Å². The Balaban J connectivity index is 2.06. The van der Waals surface area contributed by atoms with Crippen molar-refractivity contribution >= 4 is 21.8 Å². The van der Waals surface area contributed by atoms with Crippen LogP contribution in [0.1, 0.15) is 47.1 Å². The SMILES string of the molecule is CCNS(=O)(=O)c1ccc(C(=O)O[C@@H](C)C(=O)c2ccc(CC)cc2)cc1. The number of hydrogen-bond acceptors (Lipinski definition) is 5. The Hall–Kier alpha value is -2.51. The lowest BCUT2D eigenvalue weighted by Crippen LogP contribution is -2.25. The predicted octanol–water partition coefficient (Wildman–Crippen LogP) is 2.98. The van der Waals surface area contributed by atoms with E-state index < -0.39 is 22.1 Å². The average molecular weight is 389 g/mol. The van der Waals surface area contributed by atoms with Crippen molar-refractivity contribution < 1.29 is 22.7 Å². The lowest BCUT2D eigenvalue weighted by molar-refractivity contribution is 0.0318. The van der Waals surface area contributed by atoms with Gasteiger partial charge in [0.15, 0.2) is 6.10 Å². The normalized spacial score (nSPS) is 12.4. The van der Waals surface area contributed by atoms with Crippen molar-refractivity contribution in [2.24, 2.45) is 0 Å². The van der Waals surface area contributed by atoms with Crippen LogP contribution in [0, 0.1) is 0 Å². The van der Waals surface area contributed by atoms with Gasteiger partial charge in [-0.2, -0.15) is 0 Å². The van der Waals surface area contributed by atoms with Crippen LogP contribution in [0.3, 0.4) is 0 Å². The highest BCUT2D eigenvalue weighted by molar-refractivity contribution is 7.89. The molecule has 0 heterocycles. The molecule has 0 spiro atoms. The number of carbonyl (C=O) groups is 2. The minimum atomic E-state index is -3.59. The summed E-state index contributed by atoms with van der Waals surface area (Å²) in [5.41, 5.74) is 1.76. The third-order valence-electron chi connectivity index (χ3n) is 4.03. The van der Waals surface area contributed by atoms with Gasteiger partial charge >= 0.3 is 5.97 Å². The molecule has 0 aliphatic heterocycles. The molecule has 0 fully saturated rings. The van der Waals surface area contributed by atoms with E-state index in [1.54, 1.807) is 19.1 Å². The van der Waals surface area contributed by atoms with Crippen LogP contribution < -0.4 is 4.72 Å². The van der Waals surface area contributed by atoms with Crippen molar-refractivity contribution in [3.63, 3.8) is 0 Å². The first-order chi connectivity index (χ1) is 12.8. The van der Waals surface area contributed by atoms with E-state index in [-0.39, 0.29) is 22.8 Å². The van der Waals surface area contributed by atoms with E-state index in [4.69, 9.17) is 4.74 Å². The zero-order chi connectivity index (χ0) is 20.0. The number of esters is 1. The predicted molar refractivity (Wildman–Crippen MR) is 102 cm³/mol. The number of carbonyl (C=O) groups excluding carboxylic acids is 2. The molecule has 0 saturated heterocycles. The van der Waals surface area contributed by atoms with Crippen LogP contribution in [0.2, 0.25) is 0 Å². The van der Waals surface area contributed by atoms with Crippen molar-refractivity contribution in [3.05, 3.63) is 65.2 Å². The van der Waals surface area contributed by atoms with Crippen molar-refractivity contribution in [2.75, 3.05) is 6.54 Å². The van der Waals surface area contributed by atoms with Crippen LogP contribution in [0.15, 0.2) is 53.4 Å². The summed E-state index contributed by atoms with van der Waals surface area (Å²) < 4.78 is 31.4. The molecule has 0 bridgehead atoms. The molecular formula is C20H23NO5S. The van der Waals surface area contributed by atoms with Crippen molar-refractivity contribution in [1.29, 1.82) is 0 Å². The Kier molecular flexibility index (Phi) is 6.87. The van der Waals surface area contributed by atoms with Crippen molar-refractivity contribution in [3.8, 4) is 0 Å². The minimum Gasteiger partial charge on any atom is -0.451 e. The summed E-state index contributed by atoms with van der Waals surface area (Å²) in [6, 6.07) is 12.5. The standard InChI is InChI=1S/C20H23NO5S/c1-4-15-6-8-16(9-7-15)19(22)14(3)26-20(23)17-10-12-18(13-11-17)27(24,25)21-5-2/h6-14,21H,4-5H2,1-3H3/t14-/m0/s1. The van der Waals surface area contributed by atoms with Gasteiger partial charge in [-0.15, -0.1) is 0 Å². The molecular weight excluding hydrogens is 366 g/mol. The minimum absolute atomic E-state index is 0.0565. The number of benzene rings is 2. The maximum Gasteiger partial charge on any atom is 0.338 e. The molecule has 144 valence electrons. The van der Waals surface area contributed by atoms with E-state index in [0.717, 1.165) is 12.0 Å². The van der Waals surface area contributed by atoms with E-state index in [1.807, 2.05) is 19.1 Å². The molecule has 0 aliphatic rings. The second kappa shape index (κ2) is 8.92. The van der Waals surface area contributed by atoms with Crippen LogP contribution in [-0.2, 0) is 21.2 Å². The highest BCUT2D eigenvalue weighted by Gasteiger charge is 2.21. The molecule has 0 aromatic heterocycles. The summed E-state index contributed by atoms with van der Waals surface area (Å²) in [7, 11) is -3.59. The number of Topliss-reactive ketones (excluding diaryl/α,β-unsaturated/α-hetero) is 1. The fourth-order valence-corrected chi connectivity index (χ4v) is 3.51. The molecule has 0 amide bonds. The third kappa shape index (κ3) is 5.24. The summed E-state index contributed by atoms with van der Waals surface area (Å²) >= 11 is 0. The first-order valence-corrected chi connectivity index (χ1v) is 10.2. The zero-order valence-corrected chi connectivity index (χ0v) is 16.4. The second-order valence-electron chi connectivity index (χ2n) is 5.99. The fraction of sp³-hybridized carbons (Fsp3) is 0.300. The number of sulfonamides is 1. The molecule has 2 rings (SSSR count). The molecule has 1 N–H and O–H groups in total. The largest absolute Gasteiger partial charge is 0.451 e. The lowest BCUT2D eigenvalue weighted by atomic mass is 10.0. The van der Waals surface area contributed by atoms with Crippen molar-refractivity contribution in [1.82, 2.24) is 4.72 Å². The smallest absolute Gasteiger partial charge is 0.338 e. The highest BCUT2D eigenvalue weighted by atomic mass is 32.2. The Bertz CT molecular complexity index is 902. The first kappa shape index (κ1) is 20.8. The molecule has 1 atom stereocenters. The molecule has 27 heavy (non-hydrogen) atoms.